The zero-order valence-corrected chi connectivity index (χ0v) is 9.43. The van der Waals surface area contributed by atoms with Gasteiger partial charge in [-0.25, -0.2) is 0 Å². The lowest BCUT2D eigenvalue weighted by Crippen LogP contribution is -2.31. The molecule has 0 spiro atoms. The third-order valence-electron chi connectivity index (χ3n) is 2.09. The molecule has 5 heteroatoms. The van der Waals surface area contributed by atoms with E-state index < -0.39 is 11.9 Å². The van der Waals surface area contributed by atoms with E-state index in [9.17, 15) is 9.59 Å². The topological polar surface area (TPSA) is 66.4 Å². The molecular weight excluding hydrogens is 214 g/mol. The van der Waals surface area contributed by atoms with E-state index in [1.165, 1.54) is 11.3 Å². The van der Waals surface area contributed by atoms with Crippen LogP contribution in [0.5, 0.6) is 0 Å². The number of aliphatic carboxylic acids is 1. The van der Waals surface area contributed by atoms with Crippen molar-refractivity contribution >= 4 is 23.2 Å². The van der Waals surface area contributed by atoms with Gasteiger partial charge in [0, 0.05) is 11.9 Å². The Morgan fingerprint density at radius 2 is 2.20 bits per heavy atom. The zero-order chi connectivity index (χ0) is 11.4. The van der Waals surface area contributed by atoms with Gasteiger partial charge < -0.3 is 10.4 Å². The summed E-state index contributed by atoms with van der Waals surface area (Å²) in [6.07, 6.45) is 0. The highest BCUT2D eigenvalue weighted by Crippen LogP contribution is 2.13. The minimum atomic E-state index is -0.905. The van der Waals surface area contributed by atoms with E-state index in [1.54, 1.807) is 12.3 Å². The minimum Gasteiger partial charge on any atom is -0.481 e. The van der Waals surface area contributed by atoms with E-state index in [2.05, 4.69) is 5.32 Å². The van der Waals surface area contributed by atoms with Gasteiger partial charge in [0.15, 0.2) is 0 Å². The van der Waals surface area contributed by atoms with Gasteiger partial charge in [0.2, 0.25) is 0 Å². The van der Waals surface area contributed by atoms with E-state index >= 15 is 0 Å². The lowest BCUT2D eigenvalue weighted by Gasteiger charge is -2.07. The fraction of sp³-hybridized carbons (Fsp3) is 0.400. The molecular formula is C10H13NO3S. The van der Waals surface area contributed by atoms with Crippen molar-refractivity contribution in [1.82, 2.24) is 5.32 Å². The van der Waals surface area contributed by atoms with Gasteiger partial charge in [0.25, 0.3) is 5.91 Å². The number of rotatable bonds is 4. The Labute approximate surface area is 91.9 Å². The fourth-order valence-electron chi connectivity index (χ4n) is 1.02. The molecule has 0 radical (unpaired) electrons. The summed E-state index contributed by atoms with van der Waals surface area (Å²) in [6.45, 7) is 3.57. The van der Waals surface area contributed by atoms with Gasteiger partial charge in [0.05, 0.1) is 11.5 Å². The molecule has 1 rings (SSSR count). The lowest BCUT2D eigenvalue weighted by molar-refractivity contribution is -0.140. The van der Waals surface area contributed by atoms with Crippen LogP contribution >= 0.6 is 11.3 Å². The molecule has 0 saturated heterocycles. The van der Waals surface area contributed by atoms with Crippen molar-refractivity contribution in [2.45, 2.75) is 13.8 Å². The van der Waals surface area contributed by atoms with Gasteiger partial charge in [-0.3, -0.25) is 9.59 Å². The molecule has 1 aromatic rings. The maximum Gasteiger partial charge on any atom is 0.308 e. The summed E-state index contributed by atoms with van der Waals surface area (Å²) in [5.41, 5.74) is 1.54. The van der Waals surface area contributed by atoms with Gasteiger partial charge in [-0.05, 0) is 17.9 Å². The molecule has 0 bridgehead atoms. The highest BCUT2D eigenvalue weighted by Gasteiger charge is 2.14. The molecule has 0 aliphatic heterocycles. The van der Waals surface area contributed by atoms with Gasteiger partial charge >= 0.3 is 5.97 Å². The van der Waals surface area contributed by atoms with Crippen LogP contribution in [0.15, 0.2) is 10.8 Å². The Bertz CT molecular complexity index is 372. The normalized spacial score (nSPS) is 12.1. The minimum absolute atomic E-state index is 0.156. The number of thiophene rings is 1. The average Bonchev–Trinajstić information content (AvgIpc) is 2.60. The van der Waals surface area contributed by atoms with E-state index in [1.807, 2.05) is 12.3 Å². The molecule has 0 aromatic carbocycles. The third kappa shape index (κ3) is 3.06. The highest BCUT2D eigenvalue weighted by atomic mass is 32.1. The highest BCUT2D eigenvalue weighted by molar-refractivity contribution is 7.08. The Kier molecular flexibility index (Phi) is 3.85. The van der Waals surface area contributed by atoms with Crippen LogP contribution < -0.4 is 5.32 Å². The first-order valence-corrected chi connectivity index (χ1v) is 5.50. The van der Waals surface area contributed by atoms with Gasteiger partial charge in [0.1, 0.15) is 0 Å². The second kappa shape index (κ2) is 4.93. The monoisotopic (exact) mass is 227 g/mol. The van der Waals surface area contributed by atoms with E-state index in [0.29, 0.717) is 5.56 Å². The van der Waals surface area contributed by atoms with Gasteiger partial charge in [-0.2, -0.15) is 11.3 Å². The number of aryl methyl sites for hydroxylation is 1. The molecule has 0 aliphatic rings. The fourth-order valence-corrected chi connectivity index (χ4v) is 1.85. The number of carbonyl (C=O) groups is 2. The summed E-state index contributed by atoms with van der Waals surface area (Å²) >= 11 is 1.46. The lowest BCUT2D eigenvalue weighted by atomic mass is 10.1. The molecule has 4 nitrogen and oxygen atoms in total. The van der Waals surface area contributed by atoms with Crippen molar-refractivity contribution < 1.29 is 14.7 Å². The third-order valence-corrected chi connectivity index (χ3v) is 2.95. The first kappa shape index (κ1) is 11.7. The molecule has 15 heavy (non-hydrogen) atoms. The maximum atomic E-state index is 11.6. The average molecular weight is 227 g/mol. The predicted octanol–water partition coefficient (Wildman–Crippen LogP) is 1.51. The molecule has 2 N–H and O–H groups in total. The summed E-state index contributed by atoms with van der Waals surface area (Å²) in [5.74, 6) is -1.67. The Morgan fingerprint density at radius 1 is 1.53 bits per heavy atom. The Morgan fingerprint density at radius 3 is 2.67 bits per heavy atom. The molecule has 0 aliphatic carbocycles. The molecule has 1 amide bonds. The van der Waals surface area contributed by atoms with Crippen LogP contribution in [0.2, 0.25) is 0 Å². The van der Waals surface area contributed by atoms with Crippen LogP contribution in [-0.4, -0.2) is 23.5 Å². The standard InChI is InChI=1S/C10H13NO3S/c1-6(10(13)14)3-11-9(12)8-5-15-4-7(8)2/h4-6H,3H2,1-2H3,(H,11,12)(H,13,14)/t6-/m0/s1. The van der Waals surface area contributed by atoms with Crippen molar-refractivity contribution in [1.29, 1.82) is 0 Å². The molecule has 82 valence electrons. The number of nitrogens with one attached hydrogen (secondary N) is 1. The molecule has 1 aromatic heterocycles. The number of carboxylic acid groups (broad SMARTS) is 1. The summed E-state index contributed by atoms with van der Waals surface area (Å²) in [5, 5.41) is 14.9. The van der Waals surface area contributed by atoms with Crippen LogP contribution in [-0.2, 0) is 4.79 Å². The number of hydrogen-bond donors (Lipinski definition) is 2. The van der Waals surface area contributed by atoms with Gasteiger partial charge in [-0.1, -0.05) is 6.92 Å². The number of amides is 1. The van der Waals surface area contributed by atoms with Crippen LogP contribution in [0.25, 0.3) is 0 Å². The van der Waals surface area contributed by atoms with Crippen molar-refractivity contribution in [3.63, 3.8) is 0 Å². The molecule has 0 saturated carbocycles. The molecule has 0 fully saturated rings. The van der Waals surface area contributed by atoms with E-state index in [4.69, 9.17) is 5.11 Å². The smallest absolute Gasteiger partial charge is 0.308 e. The zero-order valence-electron chi connectivity index (χ0n) is 8.61. The van der Waals surface area contributed by atoms with Crippen LogP contribution in [0.4, 0.5) is 0 Å². The number of carboxylic acids is 1. The first-order valence-electron chi connectivity index (χ1n) is 4.56. The Hall–Kier alpha value is -1.36. The summed E-state index contributed by atoms with van der Waals surface area (Å²) in [7, 11) is 0. The number of carbonyl (C=O) groups excluding carboxylic acids is 1. The SMILES string of the molecule is Cc1cscc1C(=O)NC[C@H](C)C(=O)O. The maximum absolute atomic E-state index is 11.6. The van der Waals surface area contributed by atoms with Crippen LogP contribution in [0, 0.1) is 12.8 Å². The quantitative estimate of drug-likeness (QED) is 0.819. The van der Waals surface area contributed by atoms with Crippen LogP contribution in [0.3, 0.4) is 0 Å². The van der Waals surface area contributed by atoms with Crippen molar-refractivity contribution in [3.8, 4) is 0 Å². The van der Waals surface area contributed by atoms with Crippen LogP contribution in [0.1, 0.15) is 22.8 Å². The molecule has 1 heterocycles. The Balaban J connectivity index is 2.51. The molecule has 0 unspecified atom stereocenters. The number of hydrogen-bond acceptors (Lipinski definition) is 3. The second-order valence-electron chi connectivity index (χ2n) is 3.42. The largest absolute Gasteiger partial charge is 0.481 e. The summed E-state index contributed by atoms with van der Waals surface area (Å²) in [4.78, 5) is 22.1. The van der Waals surface area contributed by atoms with E-state index in [-0.39, 0.29) is 12.5 Å². The van der Waals surface area contributed by atoms with Crippen molar-refractivity contribution in [3.05, 3.63) is 21.9 Å². The van der Waals surface area contributed by atoms with Crippen molar-refractivity contribution in [2.75, 3.05) is 6.54 Å². The summed E-state index contributed by atoms with van der Waals surface area (Å²) in [6, 6.07) is 0. The summed E-state index contributed by atoms with van der Waals surface area (Å²) < 4.78 is 0. The molecule has 1 atom stereocenters. The second-order valence-corrected chi connectivity index (χ2v) is 4.16. The van der Waals surface area contributed by atoms with E-state index in [0.717, 1.165) is 5.56 Å². The van der Waals surface area contributed by atoms with Gasteiger partial charge in [-0.15, -0.1) is 0 Å². The first-order chi connectivity index (χ1) is 7.02. The van der Waals surface area contributed by atoms with Crippen molar-refractivity contribution in [2.24, 2.45) is 5.92 Å². The predicted molar refractivity (Wildman–Crippen MR) is 58.2 cm³/mol.